The van der Waals surface area contributed by atoms with Crippen molar-refractivity contribution in [2.45, 2.75) is 47.0 Å². The third-order valence-electron chi connectivity index (χ3n) is 3.93. The maximum absolute atomic E-state index is 13.8. The summed E-state index contributed by atoms with van der Waals surface area (Å²) >= 11 is 0. The zero-order valence-electron chi connectivity index (χ0n) is 16.2. The van der Waals surface area contributed by atoms with Crippen LogP contribution in [0.5, 0.6) is 0 Å². The monoisotopic (exact) mass is 597 g/mol. The molecule has 0 bridgehead atoms. The molecule has 0 spiro atoms. The number of carbonyl (C=O) groups excluding carboxylic acids is 1. The van der Waals surface area contributed by atoms with Crippen LogP contribution in [-0.4, -0.2) is 74.5 Å². The SMILES string of the molecule is C=C(C(=O)OCCN)S(=O)(=O)C(F)(F)C(F)(F)C(F)(F)C(F)(F)C(F)(F)C(F)(F)C(F)(F)C(F)(F)F. The van der Waals surface area contributed by atoms with Gasteiger partial charge in [-0.05, 0) is 0 Å². The number of esters is 1. The summed E-state index contributed by atoms with van der Waals surface area (Å²) in [6, 6.07) is 0. The number of rotatable bonds is 11. The van der Waals surface area contributed by atoms with Gasteiger partial charge in [0.1, 0.15) is 6.61 Å². The Bertz CT molecular complexity index is 970. The van der Waals surface area contributed by atoms with Gasteiger partial charge in [0.2, 0.25) is 0 Å². The van der Waals surface area contributed by atoms with E-state index >= 15 is 0 Å². The van der Waals surface area contributed by atoms with Crippen LogP contribution in [0.3, 0.4) is 0 Å². The zero-order valence-corrected chi connectivity index (χ0v) is 17.0. The molecule has 0 aromatic heterocycles. The number of halogens is 17. The first-order valence-corrected chi connectivity index (χ1v) is 9.40. The molecule has 36 heavy (non-hydrogen) atoms. The second-order valence-corrected chi connectivity index (χ2v) is 8.32. The van der Waals surface area contributed by atoms with E-state index < -0.39 is 80.8 Å². The molecule has 0 aliphatic carbocycles. The van der Waals surface area contributed by atoms with Gasteiger partial charge < -0.3 is 10.5 Å². The Morgan fingerprint density at radius 2 is 0.944 bits per heavy atom. The average molecular weight is 597 g/mol. The Hall–Kier alpha value is -2.07. The predicted octanol–water partition coefficient (Wildman–Crippen LogP) is 4.38. The molecule has 5 nitrogen and oxygen atoms in total. The van der Waals surface area contributed by atoms with Gasteiger partial charge in [0.25, 0.3) is 9.84 Å². The second kappa shape index (κ2) is 9.04. The van der Waals surface area contributed by atoms with Crippen molar-refractivity contribution < 1.29 is 92.6 Å². The van der Waals surface area contributed by atoms with Crippen molar-refractivity contribution >= 4 is 15.8 Å². The Morgan fingerprint density at radius 1 is 0.639 bits per heavy atom. The molecule has 0 aromatic carbocycles. The van der Waals surface area contributed by atoms with E-state index in [0.717, 1.165) is 0 Å². The lowest BCUT2D eigenvalue weighted by Crippen LogP contribution is -2.75. The van der Waals surface area contributed by atoms with Crippen molar-refractivity contribution in [1.82, 2.24) is 0 Å². The molecule has 0 saturated carbocycles. The Labute approximate surface area is 186 Å². The maximum atomic E-state index is 13.8. The zero-order chi connectivity index (χ0) is 29.8. The molecule has 0 rings (SSSR count). The van der Waals surface area contributed by atoms with Gasteiger partial charge in [0.05, 0.1) is 0 Å². The summed E-state index contributed by atoms with van der Waals surface area (Å²) in [5.74, 6) is -55.1. The number of hydrogen-bond acceptors (Lipinski definition) is 5. The Kier molecular flexibility index (Phi) is 8.52. The molecule has 0 fully saturated rings. The molecule has 0 amide bonds. The van der Waals surface area contributed by atoms with Crippen molar-refractivity contribution in [3.8, 4) is 0 Å². The topological polar surface area (TPSA) is 86.5 Å². The fourth-order valence-electron chi connectivity index (χ4n) is 1.81. The van der Waals surface area contributed by atoms with Gasteiger partial charge in [-0.25, -0.2) is 13.2 Å². The largest absolute Gasteiger partial charge is 0.460 e. The highest BCUT2D eigenvalue weighted by atomic mass is 32.2. The number of nitrogens with two attached hydrogens (primary N) is 1. The molecule has 0 unspecified atom stereocenters. The lowest BCUT2D eigenvalue weighted by Gasteiger charge is -2.42. The second-order valence-electron chi connectivity index (χ2n) is 6.31. The first-order chi connectivity index (χ1) is 15.4. The highest BCUT2D eigenvalue weighted by Crippen LogP contribution is 2.64. The van der Waals surface area contributed by atoms with Crippen molar-refractivity contribution in [3.05, 3.63) is 11.5 Å². The molecular weight excluding hydrogens is 589 g/mol. The fourth-order valence-corrected chi connectivity index (χ4v) is 2.87. The van der Waals surface area contributed by atoms with E-state index in [4.69, 9.17) is 5.73 Å². The van der Waals surface area contributed by atoms with Crippen LogP contribution in [0.1, 0.15) is 0 Å². The summed E-state index contributed by atoms with van der Waals surface area (Å²) in [5.41, 5.74) is 4.72. The number of hydrogen-bond donors (Lipinski definition) is 1. The molecule has 0 aromatic rings. The van der Waals surface area contributed by atoms with E-state index in [9.17, 15) is 87.8 Å². The summed E-state index contributed by atoms with van der Waals surface area (Å²) in [5, 5.41) is -7.87. The lowest BCUT2D eigenvalue weighted by molar-refractivity contribution is -0.458. The van der Waals surface area contributed by atoms with Crippen LogP contribution in [-0.2, 0) is 19.4 Å². The van der Waals surface area contributed by atoms with Crippen LogP contribution < -0.4 is 5.73 Å². The van der Waals surface area contributed by atoms with Gasteiger partial charge in [-0.15, -0.1) is 0 Å². The number of ether oxygens (including phenoxy) is 1. The highest BCUT2D eigenvalue weighted by Gasteiger charge is 2.96. The van der Waals surface area contributed by atoms with E-state index in [-0.39, 0.29) is 0 Å². The minimum absolute atomic E-state index is 0.734. The van der Waals surface area contributed by atoms with Gasteiger partial charge in [-0.2, -0.15) is 74.6 Å². The smallest absolute Gasteiger partial charge is 0.460 e. The van der Waals surface area contributed by atoms with Crippen molar-refractivity contribution in [1.29, 1.82) is 0 Å². The summed E-state index contributed by atoms with van der Waals surface area (Å²) in [6.07, 6.45) is -7.93. The van der Waals surface area contributed by atoms with E-state index in [2.05, 4.69) is 4.74 Å². The van der Waals surface area contributed by atoms with Gasteiger partial charge in [-0.1, -0.05) is 6.58 Å². The molecule has 0 atom stereocenters. The van der Waals surface area contributed by atoms with Crippen LogP contribution in [0.25, 0.3) is 0 Å². The summed E-state index contributed by atoms with van der Waals surface area (Å²) in [6.45, 7) is 0.0759. The number of sulfone groups is 1. The van der Waals surface area contributed by atoms with Gasteiger partial charge >= 0.3 is 52.9 Å². The third kappa shape index (κ3) is 4.34. The average Bonchev–Trinajstić information content (AvgIpc) is 2.69. The highest BCUT2D eigenvalue weighted by molar-refractivity contribution is 7.97. The standard InChI is InChI=1S/C13H8F17NO4S/c1-4(5(32)35-3-2-31)36(33,34)13(29,30)11(24,25)9(20,21)7(16,17)6(14,15)8(18,19)10(22,23)12(26,27)28/h1-3,31H2. The van der Waals surface area contributed by atoms with Crippen LogP contribution in [0.15, 0.2) is 11.5 Å². The molecule has 0 saturated heterocycles. The van der Waals surface area contributed by atoms with Crippen LogP contribution in [0.4, 0.5) is 74.6 Å². The molecular formula is C13H8F17NO4S. The maximum Gasteiger partial charge on any atom is 0.460 e. The molecule has 0 heterocycles. The Morgan fingerprint density at radius 3 is 1.25 bits per heavy atom. The van der Waals surface area contributed by atoms with Crippen LogP contribution >= 0.6 is 0 Å². The molecule has 0 aliphatic rings. The molecule has 2 N–H and O–H groups in total. The Balaban J connectivity index is 6.95. The normalized spacial score (nSPS) is 15.6. The molecule has 0 radical (unpaired) electrons. The van der Waals surface area contributed by atoms with Gasteiger partial charge in [-0.3, -0.25) is 0 Å². The first kappa shape index (κ1) is 33.9. The van der Waals surface area contributed by atoms with Crippen LogP contribution in [0.2, 0.25) is 0 Å². The predicted molar refractivity (Wildman–Crippen MR) is 78.8 cm³/mol. The molecule has 0 aliphatic heterocycles. The van der Waals surface area contributed by atoms with Gasteiger partial charge in [0, 0.05) is 6.54 Å². The van der Waals surface area contributed by atoms with E-state index in [1.54, 1.807) is 0 Å². The molecule has 214 valence electrons. The van der Waals surface area contributed by atoms with Crippen LogP contribution in [0, 0.1) is 0 Å². The number of alkyl halides is 17. The van der Waals surface area contributed by atoms with Gasteiger partial charge in [0.15, 0.2) is 4.91 Å². The van der Waals surface area contributed by atoms with Crippen molar-refractivity contribution in [3.63, 3.8) is 0 Å². The fraction of sp³-hybridized carbons (Fsp3) is 0.769. The van der Waals surface area contributed by atoms with E-state index in [1.807, 2.05) is 6.58 Å². The van der Waals surface area contributed by atoms with E-state index in [0.29, 0.717) is 0 Å². The minimum Gasteiger partial charge on any atom is -0.460 e. The van der Waals surface area contributed by atoms with Crippen molar-refractivity contribution in [2.24, 2.45) is 5.73 Å². The first-order valence-electron chi connectivity index (χ1n) is 7.91. The lowest BCUT2D eigenvalue weighted by atomic mass is 9.91. The summed E-state index contributed by atoms with van der Waals surface area (Å²) in [4.78, 5) is 8.25. The number of carbonyl (C=O) groups is 1. The third-order valence-corrected chi connectivity index (χ3v) is 5.68. The molecule has 23 heteroatoms. The minimum atomic E-state index is -8.97. The summed E-state index contributed by atoms with van der Waals surface area (Å²) in [7, 11) is -7.77. The van der Waals surface area contributed by atoms with E-state index in [1.165, 1.54) is 0 Å². The quantitative estimate of drug-likeness (QED) is 0.217. The van der Waals surface area contributed by atoms with Crippen molar-refractivity contribution in [2.75, 3.05) is 13.2 Å². The summed E-state index contributed by atoms with van der Waals surface area (Å²) < 4.78 is 250.